The Morgan fingerprint density at radius 3 is 2.62 bits per heavy atom. The molecule has 0 aliphatic carbocycles. The van der Waals surface area contributed by atoms with Crippen LogP contribution in [-0.4, -0.2) is 13.1 Å². The largest absolute Gasteiger partial charge is 0.309 e. The lowest BCUT2D eigenvalue weighted by molar-refractivity contribution is 0.895. The molecular formula is C7H11N. The summed E-state index contributed by atoms with van der Waals surface area (Å²) in [5.74, 6) is 0. The number of allylic oxidation sites excluding steroid dienone is 1. The van der Waals surface area contributed by atoms with Crippen LogP contribution in [0.4, 0.5) is 0 Å². The van der Waals surface area contributed by atoms with Gasteiger partial charge in [0.05, 0.1) is 0 Å². The van der Waals surface area contributed by atoms with Crippen LogP contribution >= 0.6 is 0 Å². The van der Waals surface area contributed by atoms with Crippen LogP contribution < -0.4 is 5.32 Å². The molecule has 1 nitrogen and oxygen atoms in total. The number of nitrogens with one attached hydrogen (secondary N) is 1. The molecule has 0 radical (unpaired) electrons. The molecule has 44 valence electrons. The molecule has 0 bridgehead atoms. The maximum absolute atomic E-state index is 3.88. The number of hydrogen-bond donors (Lipinski definition) is 1. The van der Waals surface area contributed by atoms with Crippen LogP contribution in [0.1, 0.15) is 6.92 Å². The lowest BCUT2D eigenvalue weighted by Crippen LogP contribution is -2.04. The SMILES string of the molecule is C=C1CNC/C1=C/C. The zero-order valence-corrected chi connectivity index (χ0v) is 5.20. The molecule has 8 heavy (non-hydrogen) atoms. The average Bonchev–Trinajstić information content (AvgIpc) is 2.14. The van der Waals surface area contributed by atoms with Crippen LogP contribution in [-0.2, 0) is 0 Å². The Balaban J connectivity index is 2.69. The summed E-state index contributed by atoms with van der Waals surface area (Å²) in [6.07, 6.45) is 2.11. The van der Waals surface area contributed by atoms with E-state index in [1.165, 1.54) is 11.1 Å². The van der Waals surface area contributed by atoms with Crippen molar-refractivity contribution < 1.29 is 0 Å². The minimum Gasteiger partial charge on any atom is -0.309 e. The van der Waals surface area contributed by atoms with Gasteiger partial charge in [0.2, 0.25) is 0 Å². The Morgan fingerprint density at radius 2 is 2.38 bits per heavy atom. The predicted octanol–water partition coefficient (Wildman–Crippen LogP) is 1.09. The molecule has 1 fully saturated rings. The van der Waals surface area contributed by atoms with Gasteiger partial charge in [-0.2, -0.15) is 0 Å². The van der Waals surface area contributed by atoms with Crippen LogP contribution in [0.3, 0.4) is 0 Å². The fourth-order valence-electron chi connectivity index (χ4n) is 0.893. The molecule has 1 saturated heterocycles. The van der Waals surface area contributed by atoms with Crippen LogP contribution in [0.15, 0.2) is 23.8 Å². The molecular weight excluding hydrogens is 98.1 g/mol. The molecule has 0 aromatic heterocycles. The maximum Gasteiger partial charge on any atom is 0.0208 e. The Morgan fingerprint density at radius 1 is 1.62 bits per heavy atom. The highest BCUT2D eigenvalue weighted by atomic mass is 14.9. The normalized spacial score (nSPS) is 25.1. The van der Waals surface area contributed by atoms with E-state index in [1.807, 2.05) is 6.92 Å². The molecule has 1 N–H and O–H groups in total. The molecule has 1 heterocycles. The lowest BCUT2D eigenvalue weighted by atomic mass is 10.2. The van der Waals surface area contributed by atoms with E-state index in [9.17, 15) is 0 Å². The highest BCUT2D eigenvalue weighted by molar-refractivity contribution is 5.34. The number of hydrogen-bond acceptors (Lipinski definition) is 1. The molecule has 0 atom stereocenters. The second-order valence-corrected chi connectivity index (χ2v) is 2.02. The summed E-state index contributed by atoms with van der Waals surface area (Å²) in [5, 5.41) is 3.21. The monoisotopic (exact) mass is 109 g/mol. The van der Waals surface area contributed by atoms with E-state index in [0.717, 1.165) is 13.1 Å². The zero-order valence-electron chi connectivity index (χ0n) is 5.20. The topological polar surface area (TPSA) is 12.0 Å². The standard InChI is InChI=1S/C7H11N/c1-3-7-5-8-4-6(7)2/h3,8H,2,4-5H2,1H3/b7-3-. The first-order chi connectivity index (χ1) is 3.84. The highest BCUT2D eigenvalue weighted by Gasteiger charge is 2.07. The van der Waals surface area contributed by atoms with Crippen molar-refractivity contribution in [1.82, 2.24) is 5.32 Å². The molecule has 0 aromatic rings. The molecule has 1 aliphatic rings. The fourth-order valence-corrected chi connectivity index (χ4v) is 0.893. The van der Waals surface area contributed by atoms with Gasteiger partial charge in [-0.15, -0.1) is 0 Å². The second kappa shape index (κ2) is 2.14. The van der Waals surface area contributed by atoms with E-state index in [2.05, 4.69) is 18.0 Å². The summed E-state index contributed by atoms with van der Waals surface area (Å²) < 4.78 is 0. The first-order valence-corrected chi connectivity index (χ1v) is 2.88. The van der Waals surface area contributed by atoms with Crippen LogP contribution in [0, 0.1) is 0 Å². The molecule has 1 aliphatic heterocycles. The van der Waals surface area contributed by atoms with E-state index < -0.39 is 0 Å². The van der Waals surface area contributed by atoms with Gasteiger partial charge in [-0.3, -0.25) is 0 Å². The van der Waals surface area contributed by atoms with E-state index >= 15 is 0 Å². The van der Waals surface area contributed by atoms with Crippen molar-refractivity contribution in [3.05, 3.63) is 23.8 Å². The van der Waals surface area contributed by atoms with Gasteiger partial charge >= 0.3 is 0 Å². The zero-order chi connectivity index (χ0) is 5.98. The molecule has 0 saturated carbocycles. The van der Waals surface area contributed by atoms with Gasteiger partial charge < -0.3 is 5.32 Å². The van der Waals surface area contributed by atoms with E-state index in [1.54, 1.807) is 0 Å². The summed E-state index contributed by atoms with van der Waals surface area (Å²) in [7, 11) is 0. The molecule has 1 heteroatoms. The van der Waals surface area contributed by atoms with Gasteiger partial charge in [-0.05, 0) is 18.1 Å². The van der Waals surface area contributed by atoms with Crippen molar-refractivity contribution in [2.75, 3.05) is 13.1 Å². The molecule has 0 aromatic carbocycles. The van der Waals surface area contributed by atoms with Crippen molar-refractivity contribution in [2.45, 2.75) is 6.92 Å². The van der Waals surface area contributed by atoms with E-state index in [-0.39, 0.29) is 0 Å². The average molecular weight is 109 g/mol. The third-order valence-electron chi connectivity index (χ3n) is 1.46. The van der Waals surface area contributed by atoms with Crippen LogP contribution in [0.25, 0.3) is 0 Å². The lowest BCUT2D eigenvalue weighted by Gasteiger charge is -1.89. The Labute approximate surface area is 50.1 Å². The van der Waals surface area contributed by atoms with E-state index in [4.69, 9.17) is 0 Å². The summed E-state index contributed by atoms with van der Waals surface area (Å²) in [4.78, 5) is 0. The van der Waals surface area contributed by atoms with Gasteiger partial charge in [0, 0.05) is 13.1 Å². The summed E-state index contributed by atoms with van der Waals surface area (Å²) in [5.41, 5.74) is 2.61. The Bertz CT molecular complexity index is 133. The number of rotatable bonds is 0. The van der Waals surface area contributed by atoms with Crippen LogP contribution in [0.2, 0.25) is 0 Å². The molecule has 1 rings (SSSR count). The van der Waals surface area contributed by atoms with Gasteiger partial charge in [0.25, 0.3) is 0 Å². The first-order valence-electron chi connectivity index (χ1n) is 2.88. The first kappa shape index (κ1) is 5.57. The van der Waals surface area contributed by atoms with Crippen molar-refractivity contribution >= 4 is 0 Å². The maximum atomic E-state index is 3.88. The van der Waals surface area contributed by atoms with Crippen molar-refractivity contribution in [3.8, 4) is 0 Å². The third-order valence-corrected chi connectivity index (χ3v) is 1.46. The predicted molar refractivity (Wildman–Crippen MR) is 35.8 cm³/mol. The quantitative estimate of drug-likeness (QED) is 0.491. The highest BCUT2D eigenvalue weighted by Crippen LogP contribution is 2.10. The van der Waals surface area contributed by atoms with E-state index in [0.29, 0.717) is 0 Å². The van der Waals surface area contributed by atoms with Crippen molar-refractivity contribution in [1.29, 1.82) is 0 Å². The third kappa shape index (κ3) is 0.819. The summed E-state index contributed by atoms with van der Waals surface area (Å²) in [6, 6.07) is 0. The second-order valence-electron chi connectivity index (χ2n) is 2.02. The fraction of sp³-hybridized carbons (Fsp3) is 0.429. The van der Waals surface area contributed by atoms with Gasteiger partial charge in [-0.25, -0.2) is 0 Å². The minimum atomic E-state index is 0.972. The molecule has 0 unspecified atom stereocenters. The van der Waals surface area contributed by atoms with Crippen molar-refractivity contribution in [2.24, 2.45) is 0 Å². The Hall–Kier alpha value is -0.560. The van der Waals surface area contributed by atoms with Crippen molar-refractivity contribution in [3.63, 3.8) is 0 Å². The molecule has 0 spiro atoms. The van der Waals surface area contributed by atoms with Gasteiger partial charge in [0.15, 0.2) is 0 Å². The van der Waals surface area contributed by atoms with Crippen LogP contribution in [0.5, 0.6) is 0 Å². The minimum absolute atomic E-state index is 0.972. The molecule has 0 amide bonds. The summed E-state index contributed by atoms with van der Waals surface area (Å²) >= 11 is 0. The Kier molecular flexibility index (Phi) is 1.49. The smallest absolute Gasteiger partial charge is 0.0208 e. The van der Waals surface area contributed by atoms with Gasteiger partial charge in [0.1, 0.15) is 0 Å². The van der Waals surface area contributed by atoms with Gasteiger partial charge in [-0.1, -0.05) is 12.7 Å². The summed E-state index contributed by atoms with van der Waals surface area (Å²) in [6.45, 7) is 7.91.